The fourth-order valence-corrected chi connectivity index (χ4v) is 6.52. The average Bonchev–Trinajstić information content (AvgIpc) is 3.28. The van der Waals surface area contributed by atoms with Gasteiger partial charge in [-0.1, -0.05) is 225 Å². The quantitative estimate of drug-likeness (QED) is 0.0375. The predicted octanol–water partition coefficient (Wildman–Crippen LogP) is 16.7. The number of carbonyl (C=O) groups excluding carboxylic acids is 2. The van der Waals surface area contributed by atoms with E-state index in [2.05, 4.69) is 135 Å². The highest BCUT2D eigenvalue weighted by Crippen LogP contribution is 2.14. The van der Waals surface area contributed by atoms with Crippen LogP contribution in [0.5, 0.6) is 0 Å². The molecule has 0 aromatic carbocycles. The number of hydrogen-bond donors (Lipinski definition) is 1. The molecule has 0 radical (unpaired) electrons. The Kier molecular flexibility index (Phi) is 48.6. The largest absolute Gasteiger partial charge is 0.462 e. The van der Waals surface area contributed by atoms with Gasteiger partial charge in [0.2, 0.25) is 0 Å². The molecule has 0 rings (SSSR count). The number of aliphatic hydroxyl groups excluding tert-OH is 1. The fourth-order valence-electron chi connectivity index (χ4n) is 6.52. The lowest BCUT2D eigenvalue weighted by Gasteiger charge is -2.15. The molecule has 0 aromatic heterocycles. The number of carbonyl (C=O) groups is 2. The molecular formula is C57H92O5. The molecule has 62 heavy (non-hydrogen) atoms. The summed E-state index contributed by atoms with van der Waals surface area (Å²) in [5.74, 6) is -0.609. The second-order valence-corrected chi connectivity index (χ2v) is 16.2. The maximum Gasteiger partial charge on any atom is 0.306 e. The third kappa shape index (κ3) is 49.0. The number of unbranched alkanes of at least 4 members (excludes halogenated alkanes) is 16. The van der Waals surface area contributed by atoms with Crippen molar-refractivity contribution in [3.8, 4) is 0 Å². The molecule has 5 nitrogen and oxygen atoms in total. The normalized spacial score (nSPS) is 13.3. The van der Waals surface area contributed by atoms with E-state index in [0.717, 1.165) is 103 Å². The summed E-state index contributed by atoms with van der Waals surface area (Å²) in [5, 5.41) is 9.54. The van der Waals surface area contributed by atoms with E-state index >= 15 is 0 Å². The third-order valence-corrected chi connectivity index (χ3v) is 10.3. The van der Waals surface area contributed by atoms with E-state index in [1.54, 1.807) is 0 Å². The number of aliphatic hydroxyl groups is 1. The summed E-state index contributed by atoms with van der Waals surface area (Å²) >= 11 is 0. The first-order valence-corrected chi connectivity index (χ1v) is 25.1. The molecule has 5 heteroatoms. The summed E-state index contributed by atoms with van der Waals surface area (Å²) < 4.78 is 10.6. The minimum atomic E-state index is -0.776. The predicted molar refractivity (Wildman–Crippen MR) is 269 cm³/mol. The van der Waals surface area contributed by atoms with Crippen LogP contribution in [-0.4, -0.2) is 36.4 Å². The summed E-state index contributed by atoms with van der Waals surface area (Å²) in [6, 6.07) is 0. The second kappa shape index (κ2) is 51.6. The van der Waals surface area contributed by atoms with Crippen LogP contribution in [0.1, 0.15) is 206 Å². The zero-order valence-corrected chi connectivity index (χ0v) is 39.8. The zero-order chi connectivity index (χ0) is 44.9. The summed E-state index contributed by atoms with van der Waals surface area (Å²) in [7, 11) is 0. The van der Waals surface area contributed by atoms with E-state index in [9.17, 15) is 14.7 Å². The van der Waals surface area contributed by atoms with E-state index < -0.39 is 6.10 Å². The molecule has 0 saturated heterocycles. The minimum absolute atomic E-state index is 0.0717. The monoisotopic (exact) mass is 857 g/mol. The number of ether oxygens (including phenoxy) is 2. The van der Waals surface area contributed by atoms with Crippen LogP contribution in [0.3, 0.4) is 0 Å². The lowest BCUT2D eigenvalue weighted by molar-refractivity contribution is -0.161. The number of rotatable bonds is 44. The molecule has 0 saturated carbocycles. The lowest BCUT2D eigenvalue weighted by atomic mass is 10.0. The van der Waals surface area contributed by atoms with Crippen molar-refractivity contribution in [3.63, 3.8) is 0 Å². The van der Waals surface area contributed by atoms with Gasteiger partial charge in [-0.2, -0.15) is 0 Å². The van der Waals surface area contributed by atoms with Gasteiger partial charge in [0, 0.05) is 12.8 Å². The van der Waals surface area contributed by atoms with E-state index in [1.165, 1.54) is 77.0 Å². The molecule has 0 spiro atoms. The van der Waals surface area contributed by atoms with Crippen LogP contribution in [0, 0.1) is 0 Å². The molecule has 1 N–H and O–H groups in total. The Bertz CT molecular complexity index is 1290. The van der Waals surface area contributed by atoms with Crippen LogP contribution in [-0.2, 0) is 19.1 Å². The van der Waals surface area contributed by atoms with E-state index in [-0.39, 0.29) is 25.2 Å². The van der Waals surface area contributed by atoms with E-state index in [1.807, 2.05) is 0 Å². The van der Waals surface area contributed by atoms with Crippen LogP contribution in [0.15, 0.2) is 122 Å². The molecular weight excluding hydrogens is 765 g/mol. The number of esters is 2. The van der Waals surface area contributed by atoms with Crippen molar-refractivity contribution in [1.29, 1.82) is 0 Å². The van der Waals surface area contributed by atoms with Crippen molar-refractivity contribution >= 4 is 11.9 Å². The van der Waals surface area contributed by atoms with E-state index in [4.69, 9.17) is 9.47 Å². The second-order valence-electron chi connectivity index (χ2n) is 16.2. The topological polar surface area (TPSA) is 72.8 Å². The van der Waals surface area contributed by atoms with Crippen LogP contribution in [0.2, 0.25) is 0 Å². The minimum Gasteiger partial charge on any atom is -0.462 e. The van der Waals surface area contributed by atoms with Gasteiger partial charge < -0.3 is 14.6 Å². The molecule has 0 bridgehead atoms. The SMILES string of the molecule is CC/C=C\C/C=C\C/C=C\C/C=C\C/C=C\C/C=C\C/C=C\C/C=C\C/C=C\C/C=C\CCCCCCCCCCCCC(=O)OC(CO)COC(=O)CCCCCCCCC. The average molecular weight is 857 g/mol. The molecule has 0 aliphatic rings. The summed E-state index contributed by atoms with van der Waals surface area (Å²) in [6.45, 7) is 3.96. The first-order chi connectivity index (χ1) is 30.6. The van der Waals surface area contributed by atoms with E-state index in [0.29, 0.717) is 12.8 Å². The molecule has 1 atom stereocenters. The van der Waals surface area contributed by atoms with Gasteiger partial charge in [0.1, 0.15) is 6.61 Å². The highest BCUT2D eigenvalue weighted by molar-refractivity contribution is 5.70. The Labute approximate surface area is 382 Å². The molecule has 350 valence electrons. The molecule has 0 heterocycles. The van der Waals surface area contributed by atoms with Crippen molar-refractivity contribution in [2.24, 2.45) is 0 Å². The fraction of sp³-hybridized carbons (Fsp3) is 0.614. The summed E-state index contributed by atoms with van der Waals surface area (Å²) in [5.41, 5.74) is 0. The molecule has 0 aromatic rings. The highest BCUT2D eigenvalue weighted by atomic mass is 16.6. The van der Waals surface area contributed by atoms with Crippen LogP contribution >= 0.6 is 0 Å². The molecule has 0 amide bonds. The third-order valence-electron chi connectivity index (χ3n) is 10.3. The smallest absolute Gasteiger partial charge is 0.306 e. The molecule has 0 aliphatic heterocycles. The molecule has 0 fully saturated rings. The van der Waals surface area contributed by atoms with Gasteiger partial charge in [-0.15, -0.1) is 0 Å². The summed E-state index contributed by atoms with van der Waals surface area (Å²) in [6.07, 6.45) is 76.1. The van der Waals surface area contributed by atoms with Crippen molar-refractivity contribution in [1.82, 2.24) is 0 Å². The van der Waals surface area contributed by atoms with Gasteiger partial charge >= 0.3 is 11.9 Å². The molecule has 0 aliphatic carbocycles. The van der Waals surface area contributed by atoms with Gasteiger partial charge in [-0.05, 0) is 89.9 Å². The Morgan fingerprint density at radius 2 is 0.694 bits per heavy atom. The first kappa shape index (κ1) is 58.3. The highest BCUT2D eigenvalue weighted by Gasteiger charge is 2.16. The maximum absolute atomic E-state index is 12.2. The summed E-state index contributed by atoms with van der Waals surface area (Å²) in [4.78, 5) is 24.2. The van der Waals surface area contributed by atoms with Gasteiger partial charge in [-0.3, -0.25) is 9.59 Å². The first-order valence-electron chi connectivity index (χ1n) is 25.1. The van der Waals surface area contributed by atoms with Gasteiger partial charge in [0.25, 0.3) is 0 Å². The Hall–Kier alpha value is -3.70. The van der Waals surface area contributed by atoms with Gasteiger partial charge in [0.15, 0.2) is 6.10 Å². The van der Waals surface area contributed by atoms with Crippen LogP contribution in [0.25, 0.3) is 0 Å². The van der Waals surface area contributed by atoms with Crippen LogP contribution in [0.4, 0.5) is 0 Å². The molecule has 1 unspecified atom stereocenters. The number of hydrogen-bond acceptors (Lipinski definition) is 5. The zero-order valence-electron chi connectivity index (χ0n) is 39.8. The van der Waals surface area contributed by atoms with Crippen molar-refractivity contribution < 1.29 is 24.2 Å². The lowest BCUT2D eigenvalue weighted by Crippen LogP contribution is -2.28. The van der Waals surface area contributed by atoms with Crippen molar-refractivity contribution in [2.75, 3.05) is 13.2 Å². The van der Waals surface area contributed by atoms with Gasteiger partial charge in [-0.25, -0.2) is 0 Å². The maximum atomic E-state index is 12.2. The van der Waals surface area contributed by atoms with Crippen molar-refractivity contribution in [2.45, 2.75) is 213 Å². The Morgan fingerprint density at radius 3 is 1.05 bits per heavy atom. The number of allylic oxidation sites excluding steroid dienone is 20. The Morgan fingerprint density at radius 1 is 0.387 bits per heavy atom. The van der Waals surface area contributed by atoms with Crippen molar-refractivity contribution in [3.05, 3.63) is 122 Å². The van der Waals surface area contributed by atoms with Gasteiger partial charge in [0.05, 0.1) is 6.61 Å². The standard InChI is InChI=1S/C57H92O5/c1-3-5-7-9-11-12-13-14-15-16-17-18-19-20-21-22-23-24-25-26-27-28-29-30-31-32-33-34-35-36-37-38-39-40-41-42-43-44-46-48-50-52-57(60)62-55(53-58)54-61-56(59)51-49-47-45-10-8-6-4-2/h5,7,11-12,14-15,17-18,20-21,23-24,26-27,29-30,32-33,35-36,55,58H,3-4,6,8-10,13,16,19,22,25,28,31,34,37-54H2,1-2H3/b7-5-,12-11-,15-14-,18-17-,21-20-,24-23-,27-26-,30-29-,33-32-,36-35-. The van der Waals surface area contributed by atoms with Crippen LogP contribution < -0.4 is 0 Å². The Balaban J connectivity index is 3.58.